The van der Waals surface area contributed by atoms with Crippen LogP contribution in [0.5, 0.6) is 0 Å². The van der Waals surface area contributed by atoms with Crippen molar-refractivity contribution in [3.05, 3.63) is 23.0 Å². The van der Waals surface area contributed by atoms with Crippen LogP contribution in [0.1, 0.15) is 45.2 Å². The molecule has 24 heavy (non-hydrogen) atoms. The molecule has 3 heterocycles. The Labute approximate surface area is 146 Å². The third-order valence-electron chi connectivity index (χ3n) is 4.14. The van der Waals surface area contributed by atoms with Crippen LogP contribution in [-0.2, 0) is 4.74 Å². The van der Waals surface area contributed by atoms with Gasteiger partial charge in [0.25, 0.3) is 0 Å². The minimum atomic E-state index is -0.462. The molecule has 0 radical (unpaired) electrons. The van der Waals surface area contributed by atoms with E-state index in [4.69, 9.17) is 16.3 Å². The lowest BCUT2D eigenvalue weighted by Crippen LogP contribution is -2.42. The number of amides is 1. The Hall–Kier alpha value is -1.82. The standard InChI is InChI=1S/C17H23ClN4O2/c1-11-9-14(18)19-13-10-22(20-15(11)13)12-5-7-21(8-6-12)16(23)24-17(2,3)4/h9-10,12H,5-8H2,1-4H3. The van der Waals surface area contributed by atoms with Crippen molar-refractivity contribution in [2.75, 3.05) is 13.1 Å². The Morgan fingerprint density at radius 1 is 1.33 bits per heavy atom. The smallest absolute Gasteiger partial charge is 0.410 e. The van der Waals surface area contributed by atoms with E-state index < -0.39 is 5.60 Å². The van der Waals surface area contributed by atoms with Gasteiger partial charge in [-0.25, -0.2) is 9.78 Å². The molecular weight excluding hydrogens is 328 g/mol. The van der Waals surface area contributed by atoms with Crippen molar-refractivity contribution < 1.29 is 9.53 Å². The van der Waals surface area contributed by atoms with Crippen molar-refractivity contribution in [1.82, 2.24) is 19.7 Å². The number of aryl methyl sites for hydroxylation is 1. The lowest BCUT2D eigenvalue weighted by atomic mass is 10.1. The van der Waals surface area contributed by atoms with E-state index in [0.717, 1.165) is 29.4 Å². The van der Waals surface area contributed by atoms with Crippen molar-refractivity contribution >= 4 is 28.7 Å². The Kier molecular flexibility index (Phi) is 4.42. The van der Waals surface area contributed by atoms with Crippen molar-refractivity contribution in [2.24, 2.45) is 0 Å². The van der Waals surface area contributed by atoms with Crippen LogP contribution in [0.2, 0.25) is 5.15 Å². The maximum Gasteiger partial charge on any atom is 0.410 e. The first kappa shape index (κ1) is 17.0. The average Bonchev–Trinajstić information content (AvgIpc) is 2.90. The van der Waals surface area contributed by atoms with Crippen LogP contribution in [0.15, 0.2) is 12.3 Å². The van der Waals surface area contributed by atoms with Gasteiger partial charge in [-0.15, -0.1) is 0 Å². The molecule has 1 amide bonds. The van der Waals surface area contributed by atoms with Crippen LogP contribution < -0.4 is 0 Å². The first-order valence-electron chi connectivity index (χ1n) is 8.23. The number of hydrogen-bond donors (Lipinski definition) is 0. The summed E-state index contributed by atoms with van der Waals surface area (Å²) in [4.78, 5) is 18.2. The van der Waals surface area contributed by atoms with E-state index in [1.54, 1.807) is 4.90 Å². The lowest BCUT2D eigenvalue weighted by Gasteiger charge is -2.33. The van der Waals surface area contributed by atoms with Crippen molar-refractivity contribution in [3.8, 4) is 0 Å². The van der Waals surface area contributed by atoms with E-state index in [9.17, 15) is 4.79 Å². The molecule has 1 aliphatic heterocycles. The minimum Gasteiger partial charge on any atom is -0.444 e. The molecule has 1 aliphatic rings. The molecule has 3 rings (SSSR count). The van der Waals surface area contributed by atoms with Crippen LogP contribution in [0, 0.1) is 6.92 Å². The fraction of sp³-hybridized carbons (Fsp3) is 0.588. The maximum absolute atomic E-state index is 12.1. The third kappa shape index (κ3) is 3.64. The zero-order chi connectivity index (χ0) is 17.5. The normalized spacial score (nSPS) is 16.6. The van der Waals surface area contributed by atoms with E-state index >= 15 is 0 Å². The van der Waals surface area contributed by atoms with Gasteiger partial charge in [0.15, 0.2) is 0 Å². The van der Waals surface area contributed by atoms with Crippen LogP contribution in [0.25, 0.3) is 11.0 Å². The number of ether oxygens (including phenoxy) is 1. The molecule has 0 bridgehead atoms. The number of aromatic nitrogens is 3. The molecule has 2 aromatic heterocycles. The second-order valence-corrected chi connectivity index (χ2v) is 7.69. The molecule has 1 fully saturated rings. The number of hydrogen-bond acceptors (Lipinski definition) is 4. The van der Waals surface area contributed by atoms with E-state index in [0.29, 0.717) is 18.2 Å². The summed E-state index contributed by atoms with van der Waals surface area (Å²) in [7, 11) is 0. The summed E-state index contributed by atoms with van der Waals surface area (Å²) < 4.78 is 7.40. The van der Waals surface area contributed by atoms with Crippen molar-refractivity contribution in [2.45, 2.75) is 52.2 Å². The summed E-state index contributed by atoms with van der Waals surface area (Å²) in [6.07, 6.45) is 3.40. The van der Waals surface area contributed by atoms with Crippen LogP contribution in [-0.4, -0.2) is 44.4 Å². The molecule has 0 aromatic carbocycles. The number of rotatable bonds is 1. The number of likely N-dealkylation sites (tertiary alicyclic amines) is 1. The van der Waals surface area contributed by atoms with Gasteiger partial charge in [-0.2, -0.15) is 5.10 Å². The molecule has 2 aromatic rings. The molecule has 0 aliphatic carbocycles. The summed E-state index contributed by atoms with van der Waals surface area (Å²) >= 11 is 6.02. The molecule has 0 saturated carbocycles. The van der Waals surface area contributed by atoms with E-state index in [2.05, 4.69) is 10.1 Å². The Balaban J connectivity index is 1.69. The quantitative estimate of drug-likeness (QED) is 0.730. The summed E-state index contributed by atoms with van der Waals surface area (Å²) in [5.41, 5.74) is 2.26. The molecular formula is C17H23ClN4O2. The van der Waals surface area contributed by atoms with Crippen LogP contribution >= 0.6 is 11.6 Å². The number of fused-ring (bicyclic) bond motifs is 1. The predicted molar refractivity (Wildman–Crippen MR) is 93.4 cm³/mol. The topological polar surface area (TPSA) is 60.2 Å². The predicted octanol–water partition coefficient (Wildman–Crippen LogP) is 3.97. The van der Waals surface area contributed by atoms with E-state index in [1.807, 2.05) is 44.6 Å². The van der Waals surface area contributed by atoms with Gasteiger partial charge in [0.2, 0.25) is 0 Å². The monoisotopic (exact) mass is 350 g/mol. The molecule has 0 N–H and O–H groups in total. The van der Waals surface area contributed by atoms with E-state index in [1.165, 1.54) is 0 Å². The fourth-order valence-corrected chi connectivity index (χ4v) is 3.22. The van der Waals surface area contributed by atoms with Gasteiger partial charge in [0.1, 0.15) is 21.8 Å². The molecule has 0 spiro atoms. The summed E-state index contributed by atoms with van der Waals surface area (Å²) in [6.45, 7) is 8.97. The van der Waals surface area contributed by atoms with Gasteiger partial charge in [0.05, 0.1) is 12.2 Å². The number of carbonyl (C=O) groups excluding carboxylic acids is 1. The maximum atomic E-state index is 12.1. The fourth-order valence-electron chi connectivity index (χ4n) is 2.97. The highest BCUT2D eigenvalue weighted by Crippen LogP contribution is 2.26. The van der Waals surface area contributed by atoms with Crippen molar-refractivity contribution in [1.29, 1.82) is 0 Å². The average molecular weight is 351 g/mol. The number of nitrogens with zero attached hydrogens (tertiary/aromatic N) is 4. The molecule has 0 unspecified atom stereocenters. The summed E-state index contributed by atoms with van der Waals surface area (Å²) in [5.74, 6) is 0. The number of halogens is 1. The first-order chi connectivity index (χ1) is 11.2. The highest BCUT2D eigenvalue weighted by atomic mass is 35.5. The van der Waals surface area contributed by atoms with Crippen LogP contribution in [0.3, 0.4) is 0 Å². The second kappa shape index (κ2) is 6.24. The SMILES string of the molecule is Cc1cc(Cl)nc2cn(C3CCN(C(=O)OC(C)(C)C)CC3)nc12. The van der Waals surface area contributed by atoms with Gasteiger partial charge in [-0.3, -0.25) is 4.68 Å². The van der Waals surface area contributed by atoms with Gasteiger partial charge in [-0.1, -0.05) is 11.6 Å². The first-order valence-corrected chi connectivity index (χ1v) is 8.61. The minimum absolute atomic E-state index is 0.240. The van der Waals surface area contributed by atoms with E-state index in [-0.39, 0.29) is 12.1 Å². The molecule has 1 saturated heterocycles. The Morgan fingerprint density at radius 3 is 2.62 bits per heavy atom. The Bertz CT molecular complexity index is 758. The number of pyridine rings is 1. The van der Waals surface area contributed by atoms with Gasteiger partial charge in [0, 0.05) is 13.1 Å². The largest absolute Gasteiger partial charge is 0.444 e. The zero-order valence-electron chi connectivity index (χ0n) is 14.5. The number of piperidine rings is 1. The molecule has 6 nitrogen and oxygen atoms in total. The third-order valence-corrected chi connectivity index (χ3v) is 4.33. The Morgan fingerprint density at radius 2 is 2.00 bits per heavy atom. The van der Waals surface area contributed by atoms with Crippen LogP contribution in [0.4, 0.5) is 4.79 Å². The molecule has 130 valence electrons. The molecule has 0 atom stereocenters. The van der Waals surface area contributed by atoms with Gasteiger partial charge < -0.3 is 9.64 Å². The summed E-state index contributed by atoms with van der Waals surface area (Å²) in [5, 5.41) is 5.15. The second-order valence-electron chi connectivity index (χ2n) is 7.30. The van der Waals surface area contributed by atoms with Gasteiger partial charge in [-0.05, 0) is 52.2 Å². The van der Waals surface area contributed by atoms with Gasteiger partial charge >= 0.3 is 6.09 Å². The van der Waals surface area contributed by atoms with Crippen molar-refractivity contribution in [3.63, 3.8) is 0 Å². The highest BCUT2D eigenvalue weighted by Gasteiger charge is 2.28. The molecule has 7 heteroatoms. The summed E-state index contributed by atoms with van der Waals surface area (Å²) in [6, 6.07) is 2.09. The highest BCUT2D eigenvalue weighted by molar-refractivity contribution is 6.29. The zero-order valence-corrected chi connectivity index (χ0v) is 15.3. The number of carbonyl (C=O) groups is 1. The lowest BCUT2D eigenvalue weighted by molar-refractivity contribution is 0.0185.